The molecule has 4 heteroatoms. The van der Waals surface area contributed by atoms with E-state index in [1.807, 2.05) is 54.6 Å². The molecule has 0 amide bonds. The van der Waals surface area contributed by atoms with E-state index in [2.05, 4.69) is 416 Å². The Morgan fingerprint density at radius 2 is 0.488 bits per heavy atom. The molecule has 0 saturated heterocycles. The van der Waals surface area contributed by atoms with E-state index in [0.717, 1.165) is 68.0 Å². The van der Waals surface area contributed by atoms with Gasteiger partial charge in [-0.25, -0.2) is 9.97 Å². The van der Waals surface area contributed by atoms with Crippen molar-refractivity contribution in [3.63, 3.8) is 0 Å². The van der Waals surface area contributed by atoms with Crippen molar-refractivity contribution >= 4 is 33.4 Å². The lowest BCUT2D eigenvalue weighted by molar-refractivity contribution is 0.632. The summed E-state index contributed by atoms with van der Waals surface area (Å²) in [5.74, 6) is 0.894. The Balaban J connectivity index is 0.000000116. The molecule has 0 aliphatic heterocycles. The highest BCUT2D eigenvalue weighted by Gasteiger charge is 2.62. The van der Waals surface area contributed by atoms with Crippen LogP contribution in [0.2, 0.25) is 5.15 Å². The molecule has 3 heterocycles. The summed E-state index contributed by atoms with van der Waals surface area (Å²) >= 11 is 6.14. The van der Waals surface area contributed by atoms with Crippen molar-refractivity contribution in [2.75, 3.05) is 0 Å². The third-order valence-electron chi connectivity index (χ3n) is 28.8. The molecule has 0 fully saturated rings. The van der Waals surface area contributed by atoms with Crippen LogP contribution in [0.15, 0.2) is 461 Å². The molecule has 7 aliphatic carbocycles. The zero-order valence-corrected chi connectivity index (χ0v) is 70.1. The number of fused-ring (bicyclic) bond motifs is 38. The topological polar surface area (TPSA) is 30.7 Å². The van der Waals surface area contributed by atoms with Gasteiger partial charge < -0.3 is 0 Å². The van der Waals surface area contributed by atoms with Gasteiger partial charge in [0.15, 0.2) is 0 Å². The van der Waals surface area contributed by atoms with Gasteiger partial charge in [0.2, 0.25) is 0 Å². The van der Waals surface area contributed by atoms with Gasteiger partial charge in [-0.1, -0.05) is 424 Å². The first-order valence-corrected chi connectivity index (χ1v) is 44.5. The van der Waals surface area contributed by atoms with E-state index in [-0.39, 0.29) is 0 Å². The van der Waals surface area contributed by atoms with Crippen LogP contribution in [0.25, 0.3) is 128 Å². The first-order valence-electron chi connectivity index (χ1n) is 44.2. The summed E-state index contributed by atoms with van der Waals surface area (Å²) in [6.07, 6.45) is 0.972. The Morgan fingerprint density at radius 3 is 0.890 bits per heavy atom. The molecule has 21 aromatic rings. The molecule has 7 aliphatic rings. The highest BCUT2D eigenvalue weighted by molar-refractivity contribution is 6.30. The Bertz CT molecular complexity index is 7840. The van der Waals surface area contributed by atoms with Crippen LogP contribution in [0, 0.1) is 0 Å². The quantitative estimate of drug-likeness (QED) is 0.161. The number of halogens is 1. The molecule has 3 nitrogen and oxygen atoms in total. The van der Waals surface area contributed by atoms with E-state index in [1.54, 1.807) is 0 Å². The van der Waals surface area contributed by atoms with Crippen molar-refractivity contribution in [2.45, 2.75) is 28.1 Å². The van der Waals surface area contributed by atoms with E-state index >= 15 is 0 Å². The zero-order chi connectivity index (χ0) is 83.7. The fourth-order valence-electron chi connectivity index (χ4n) is 24.0. The van der Waals surface area contributed by atoms with E-state index in [9.17, 15) is 0 Å². The lowest BCUT2D eigenvalue weighted by Gasteiger charge is -2.49. The molecule has 4 spiro atoms. The molecule has 592 valence electrons. The van der Waals surface area contributed by atoms with Crippen molar-refractivity contribution in [3.05, 3.63) is 566 Å². The fraction of sp³-hybridized carbons (Fsp3) is 0.0407. The molecular formula is C123H78ClN3. The summed E-state index contributed by atoms with van der Waals surface area (Å²) in [4.78, 5) is 9.97. The van der Waals surface area contributed by atoms with E-state index < -0.39 is 21.7 Å². The van der Waals surface area contributed by atoms with Gasteiger partial charge in [-0.3, -0.25) is 4.57 Å². The first-order chi connectivity index (χ1) is 62.9. The number of nitrogens with zero attached hydrogens (tertiary/aromatic N) is 3. The highest BCUT2D eigenvalue weighted by atomic mass is 35.5. The van der Waals surface area contributed by atoms with Crippen molar-refractivity contribution < 1.29 is 0 Å². The molecule has 18 aromatic carbocycles. The van der Waals surface area contributed by atoms with Crippen LogP contribution in [0.5, 0.6) is 0 Å². The maximum Gasteiger partial charge on any atom is 0.138 e. The van der Waals surface area contributed by atoms with Gasteiger partial charge in [-0.2, -0.15) is 0 Å². The average Bonchev–Trinajstić information content (AvgIpc) is 1.51. The maximum atomic E-state index is 6.14. The molecule has 28 rings (SSSR count). The summed E-state index contributed by atoms with van der Waals surface area (Å²) < 4.78 is 2.44. The van der Waals surface area contributed by atoms with Gasteiger partial charge in [0.25, 0.3) is 0 Å². The Hall–Kier alpha value is -15.7. The Kier molecular flexibility index (Phi) is 16.2. The lowest BCUT2D eigenvalue weighted by Crippen LogP contribution is -2.44. The monoisotopic (exact) mass is 1630 g/mol. The standard InChI is InChI=1S/C61H38N2.C45H28.C17H12ClN/c1-3-19-39(20-4-1)41-35-56(40-21-5-2-6-22-40)62-59(36-41)63-57-34-18-11-27-46(57)47-37-54-55(38-58(47)63)61(50-30-14-9-25-44(50)45-26-10-15-31-51(45)61)53-33-17-16-32-52(53)60(54)48-28-12-7-23-42(48)43-24-8-13-29-49(43)60;1-2-14-30-28(13-1)25-29-26-42-43(27-35(29)30)45(38-21-9-5-17-33(38)34-18-6-10-22-39(34)45)41-24-12-11-23-40(41)44(42)36-19-7-3-15-31(36)32-16-4-8-20-37(32)44;18-17-12-15(13-7-3-1-4-8-13)11-16(19-17)14-9-5-2-6-10-14/h1-38H;1-24,26-27H,25H2;1-12H. The molecule has 0 N–H and O–H groups in total. The number of para-hydroxylation sites is 1. The summed E-state index contributed by atoms with van der Waals surface area (Å²) in [5, 5.41) is 2.94. The highest BCUT2D eigenvalue weighted by Crippen LogP contribution is 2.71. The van der Waals surface area contributed by atoms with E-state index in [1.165, 1.54) is 167 Å². The Labute approximate surface area is 743 Å². The third kappa shape index (κ3) is 10.2. The molecule has 127 heavy (non-hydrogen) atoms. The normalized spacial score (nSPS) is 14.2. The minimum atomic E-state index is -0.596. The van der Waals surface area contributed by atoms with Crippen LogP contribution in [-0.4, -0.2) is 14.5 Å². The van der Waals surface area contributed by atoms with Crippen LogP contribution in [0.4, 0.5) is 0 Å². The first kappa shape index (κ1) is 72.9. The third-order valence-corrected chi connectivity index (χ3v) is 29.0. The number of hydrogen-bond acceptors (Lipinski definition) is 2. The van der Waals surface area contributed by atoms with E-state index in [4.69, 9.17) is 16.6 Å². The molecule has 0 radical (unpaired) electrons. The van der Waals surface area contributed by atoms with Crippen LogP contribution in [0.3, 0.4) is 0 Å². The van der Waals surface area contributed by atoms with Gasteiger partial charge in [0.1, 0.15) is 11.0 Å². The fourth-order valence-corrected chi connectivity index (χ4v) is 24.2. The van der Waals surface area contributed by atoms with Gasteiger partial charge in [0.05, 0.1) is 44.1 Å². The molecule has 0 atom stereocenters. The second-order valence-corrected chi connectivity index (χ2v) is 35.1. The second-order valence-electron chi connectivity index (χ2n) is 34.7. The predicted molar refractivity (Wildman–Crippen MR) is 521 cm³/mol. The van der Waals surface area contributed by atoms with Crippen molar-refractivity contribution in [2.24, 2.45) is 0 Å². The Morgan fingerprint density at radius 1 is 0.189 bits per heavy atom. The molecular weight excluding hydrogens is 1550 g/mol. The number of aromatic nitrogens is 3. The largest absolute Gasteiger partial charge is 0.294 e. The summed E-state index contributed by atoms with van der Waals surface area (Å²) in [7, 11) is 0. The molecule has 0 saturated carbocycles. The van der Waals surface area contributed by atoms with E-state index in [0.29, 0.717) is 5.15 Å². The van der Waals surface area contributed by atoms with Gasteiger partial charge >= 0.3 is 0 Å². The number of pyridine rings is 2. The van der Waals surface area contributed by atoms with Gasteiger partial charge in [0, 0.05) is 21.9 Å². The van der Waals surface area contributed by atoms with Crippen LogP contribution >= 0.6 is 11.6 Å². The van der Waals surface area contributed by atoms with Crippen molar-refractivity contribution in [3.8, 4) is 106 Å². The SMILES string of the molecule is Clc1cc(-c2ccccc2)cc(-c2ccccc2)n1.c1ccc(-c2cc(-c3ccccc3)nc(-n3c4ccccc4c4cc5c(cc43)C3(c4ccccc4-c4ccccc43)c3ccccc3C53c4ccccc4-c4ccccc43)c2)cc1.c1ccc2c(c1)Cc1cc3c(cc1-2)C1(c2ccccc2-c2ccccc21)c1ccccc1C31c2ccccc2-c2ccccc21. The van der Waals surface area contributed by atoms with Crippen molar-refractivity contribution in [1.29, 1.82) is 0 Å². The van der Waals surface area contributed by atoms with Crippen molar-refractivity contribution in [1.82, 2.24) is 14.5 Å². The van der Waals surface area contributed by atoms with Crippen LogP contribution in [0.1, 0.15) is 100 Å². The van der Waals surface area contributed by atoms with Crippen LogP contribution in [-0.2, 0) is 28.1 Å². The zero-order valence-electron chi connectivity index (χ0n) is 69.3. The lowest BCUT2D eigenvalue weighted by atomic mass is 9.52. The molecule has 0 bridgehead atoms. The predicted octanol–water partition coefficient (Wildman–Crippen LogP) is 29.9. The summed E-state index contributed by atoms with van der Waals surface area (Å²) in [6, 6.07) is 170. The minimum Gasteiger partial charge on any atom is -0.294 e. The number of rotatable bonds is 5. The van der Waals surface area contributed by atoms with Gasteiger partial charge in [-0.05, 0) is 233 Å². The number of benzene rings is 18. The average molecular weight is 1630 g/mol. The second kappa shape index (κ2) is 28.2. The van der Waals surface area contributed by atoms with Crippen LogP contribution < -0.4 is 0 Å². The van der Waals surface area contributed by atoms with Gasteiger partial charge in [-0.15, -0.1) is 0 Å². The maximum absolute atomic E-state index is 6.14. The minimum absolute atomic E-state index is 0.416. The molecule has 0 unspecified atom stereocenters. The smallest absolute Gasteiger partial charge is 0.138 e. The summed E-state index contributed by atoms with van der Waals surface area (Å²) in [5.41, 5.74) is 46.8. The number of hydrogen-bond donors (Lipinski definition) is 0. The molecule has 3 aromatic heterocycles. The summed E-state index contributed by atoms with van der Waals surface area (Å²) in [6.45, 7) is 0.